The van der Waals surface area contributed by atoms with Gasteiger partial charge in [0.1, 0.15) is 5.60 Å². The summed E-state index contributed by atoms with van der Waals surface area (Å²) in [5.74, 6) is 0.00280. The molecule has 1 aliphatic rings. The number of hydrogen-bond acceptors (Lipinski definition) is 3. The minimum Gasteiger partial charge on any atom is -0.383 e. The molecule has 1 aliphatic heterocycles. The number of alkyl halides is 2. The van der Waals surface area contributed by atoms with Gasteiger partial charge in [0, 0.05) is 31.2 Å². The summed E-state index contributed by atoms with van der Waals surface area (Å²) < 4.78 is 25.2. The van der Waals surface area contributed by atoms with Gasteiger partial charge in [-0.1, -0.05) is 17.7 Å². The summed E-state index contributed by atoms with van der Waals surface area (Å²) in [5, 5.41) is 12.5. The second kappa shape index (κ2) is 7.36. The number of piperidine rings is 1. The van der Waals surface area contributed by atoms with Gasteiger partial charge in [0.2, 0.25) is 0 Å². The molecule has 1 atom stereocenters. The summed E-state index contributed by atoms with van der Waals surface area (Å²) in [5.41, 5.74) is -0.243. The summed E-state index contributed by atoms with van der Waals surface area (Å²) >= 11 is 0. The number of nitrogens with zero attached hydrogens (tertiary/aromatic N) is 1. The lowest BCUT2D eigenvalue weighted by atomic mass is 10.0. The van der Waals surface area contributed by atoms with Gasteiger partial charge in [0.25, 0.3) is 12.3 Å². The molecule has 1 heterocycles. The number of aliphatic hydroxyl groups is 1. The number of nitrogens with one attached hydrogen (secondary N) is 1. The predicted octanol–water partition coefficient (Wildman–Crippen LogP) is 2.21. The van der Waals surface area contributed by atoms with Crippen LogP contribution >= 0.6 is 0 Å². The van der Waals surface area contributed by atoms with Crippen LogP contribution < -0.4 is 5.32 Å². The third-order valence-electron chi connectivity index (χ3n) is 4.30. The summed E-state index contributed by atoms with van der Waals surface area (Å²) in [7, 11) is 0. The van der Waals surface area contributed by atoms with E-state index in [4.69, 9.17) is 0 Å². The molecule has 23 heavy (non-hydrogen) atoms. The van der Waals surface area contributed by atoms with E-state index in [0.29, 0.717) is 31.5 Å². The Hall–Kier alpha value is -1.53. The third kappa shape index (κ3) is 4.72. The highest BCUT2D eigenvalue weighted by Crippen LogP contribution is 2.17. The van der Waals surface area contributed by atoms with Crippen LogP contribution in [-0.4, -0.2) is 53.6 Å². The van der Waals surface area contributed by atoms with Crippen LogP contribution in [0.5, 0.6) is 0 Å². The first-order valence-corrected chi connectivity index (χ1v) is 7.89. The zero-order valence-electron chi connectivity index (χ0n) is 13.6. The molecule has 1 amide bonds. The average molecular weight is 326 g/mol. The lowest BCUT2D eigenvalue weighted by molar-refractivity contribution is -0.0825. The van der Waals surface area contributed by atoms with E-state index in [2.05, 4.69) is 5.32 Å². The number of benzene rings is 1. The van der Waals surface area contributed by atoms with Crippen molar-refractivity contribution in [2.24, 2.45) is 0 Å². The van der Waals surface area contributed by atoms with E-state index in [1.54, 1.807) is 4.90 Å². The van der Waals surface area contributed by atoms with Gasteiger partial charge in [-0.3, -0.25) is 4.79 Å². The van der Waals surface area contributed by atoms with Crippen molar-refractivity contribution in [3.63, 3.8) is 0 Å². The van der Waals surface area contributed by atoms with Gasteiger partial charge in [-0.15, -0.1) is 0 Å². The molecule has 6 heteroatoms. The van der Waals surface area contributed by atoms with Crippen LogP contribution in [0, 0.1) is 6.92 Å². The average Bonchev–Trinajstić information content (AvgIpc) is 2.53. The molecule has 1 aromatic rings. The molecule has 0 bridgehead atoms. The Morgan fingerprint density at radius 1 is 1.35 bits per heavy atom. The molecule has 1 aromatic carbocycles. The van der Waals surface area contributed by atoms with Crippen LogP contribution in [0.4, 0.5) is 8.78 Å². The van der Waals surface area contributed by atoms with E-state index in [0.717, 1.165) is 12.5 Å². The van der Waals surface area contributed by atoms with Crippen LogP contribution in [0.15, 0.2) is 24.3 Å². The molecule has 1 saturated heterocycles. The normalized spacial score (nSPS) is 19.0. The van der Waals surface area contributed by atoms with Crippen LogP contribution in [0.25, 0.3) is 0 Å². The van der Waals surface area contributed by atoms with E-state index in [1.165, 1.54) is 0 Å². The number of likely N-dealkylation sites (tertiary alicyclic amines) is 1. The number of aryl methyl sites for hydroxylation is 1. The van der Waals surface area contributed by atoms with Crippen LogP contribution in [0.2, 0.25) is 0 Å². The Kier molecular flexibility index (Phi) is 5.70. The quantitative estimate of drug-likeness (QED) is 0.872. The van der Waals surface area contributed by atoms with E-state index in [1.807, 2.05) is 31.2 Å². The molecule has 4 nitrogen and oxygen atoms in total. The van der Waals surface area contributed by atoms with Gasteiger partial charge >= 0.3 is 0 Å². The first kappa shape index (κ1) is 17.8. The maximum Gasteiger partial charge on any atom is 0.267 e. The first-order chi connectivity index (χ1) is 10.8. The topological polar surface area (TPSA) is 52.6 Å². The second-order valence-electron chi connectivity index (χ2n) is 6.47. The molecule has 128 valence electrons. The number of rotatable bonds is 5. The molecule has 1 unspecified atom stereocenters. The summed E-state index contributed by atoms with van der Waals surface area (Å²) in [6.45, 7) is 4.12. The molecule has 0 spiro atoms. The van der Waals surface area contributed by atoms with Gasteiger partial charge in [0.05, 0.1) is 0 Å². The Bertz CT molecular complexity index is 524. The molecular formula is C17H24F2N2O2. The number of carbonyl (C=O) groups is 1. The zero-order valence-corrected chi connectivity index (χ0v) is 13.6. The SMILES string of the molecule is Cc1ccc(C(=O)N2CCC(NCC(C)(O)C(F)F)CC2)cc1. The lowest BCUT2D eigenvalue weighted by Crippen LogP contribution is -2.50. The fourth-order valence-corrected chi connectivity index (χ4v) is 2.59. The predicted molar refractivity (Wildman–Crippen MR) is 84.7 cm³/mol. The smallest absolute Gasteiger partial charge is 0.267 e. The lowest BCUT2D eigenvalue weighted by Gasteiger charge is -2.34. The highest BCUT2D eigenvalue weighted by Gasteiger charge is 2.33. The number of carbonyl (C=O) groups excluding carboxylic acids is 1. The van der Waals surface area contributed by atoms with Crippen molar-refractivity contribution in [3.05, 3.63) is 35.4 Å². The van der Waals surface area contributed by atoms with Gasteiger partial charge in [0.15, 0.2) is 0 Å². The molecule has 2 N–H and O–H groups in total. The van der Waals surface area contributed by atoms with Crippen LogP contribution in [0.1, 0.15) is 35.7 Å². The largest absolute Gasteiger partial charge is 0.383 e. The molecule has 0 aliphatic carbocycles. The van der Waals surface area contributed by atoms with Gasteiger partial charge in [-0.05, 0) is 38.8 Å². The summed E-state index contributed by atoms with van der Waals surface area (Å²) in [6.07, 6.45) is -1.40. The van der Waals surface area contributed by atoms with Gasteiger partial charge in [-0.2, -0.15) is 0 Å². The van der Waals surface area contributed by atoms with Crippen molar-refractivity contribution >= 4 is 5.91 Å². The van der Waals surface area contributed by atoms with E-state index < -0.39 is 12.0 Å². The van der Waals surface area contributed by atoms with Gasteiger partial charge in [-0.25, -0.2) is 8.78 Å². The minimum absolute atomic E-state index is 0.00280. The van der Waals surface area contributed by atoms with Gasteiger partial charge < -0.3 is 15.3 Å². The number of amides is 1. The molecule has 0 saturated carbocycles. The standard InChI is InChI=1S/C17H24F2N2O2/c1-12-3-5-13(6-4-12)15(22)21-9-7-14(8-10-21)20-11-17(2,23)16(18)19/h3-6,14,16,20,23H,7-11H2,1-2H3. The molecule has 0 radical (unpaired) electrons. The summed E-state index contributed by atoms with van der Waals surface area (Å²) in [6, 6.07) is 7.51. The zero-order chi connectivity index (χ0) is 17.0. The Balaban J connectivity index is 1.82. The first-order valence-electron chi connectivity index (χ1n) is 7.89. The Morgan fingerprint density at radius 2 is 1.91 bits per heavy atom. The fraction of sp³-hybridized carbons (Fsp3) is 0.588. The number of hydrogen-bond donors (Lipinski definition) is 2. The summed E-state index contributed by atoms with van der Waals surface area (Å²) in [4.78, 5) is 14.2. The van der Waals surface area contributed by atoms with E-state index >= 15 is 0 Å². The van der Waals surface area contributed by atoms with Crippen molar-refractivity contribution < 1.29 is 18.7 Å². The highest BCUT2D eigenvalue weighted by atomic mass is 19.3. The molecule has 0 aromatic heterocycles. The molecule has 1 fully saturated rings. The number of halogens is 2. The Labute approximate surface area is 135 Å². The monoisotopic (exact) mass is 326 g/mol. The maximum absolute atomic E-state index is 12.6. The molecular weight excluding hydrogens is 302 g/mol. The van der Waals surface area contributed by atoms with Crippen LogP contribution in [0.3, 0.4) is 0 Å². The molecule has 2 rings (SSSR count). The highest BCUT2D eigenvalue weighted by molar-refractivity contribution is 5.94. The van der Waals surface area contributed by atoms with E-state index in [9.17, 15) is 18.7 Å². The van der Waals surface area contributed by atoms with Crippen molar-refractivity contribution in [2.75, 3.05) is 19.6 Å². The van der Waals surface area contributed by atoms with Crippen LogP contribution in [-0.2, 0) is 0 Å². The van der Waals surface area contributed by atoms with Crippen molar-refractivity contribution in [1.29, 1.82) is 0 Å². The fourth-order valence-electron chi connectivity index (χ4n) is 2.59. The van der Waals surface area contributed by atoms with Crippen molar-refractivity contribution in [1.82, 2.24) is 10.2 Å². The maximum atomic E-state index is 12.6. The second-order valence-corrected chi connectivity index (χ2v) is 6.47. The van der Waals surface area contributed by atoms with Crippen molar-refractivity contribution in [2.45, 2.75) is 44.8 Å². The van der Waals surface area contributed by atoms with E-state index in [-0.39, 0.29) is 18.5 Å². The minimum atomic E-state index is -2.78. The Morgan fingerprint density at radius 3 is 2.43 bits per heavy atom. The third-order valence-corrected chi connectivity index (χ3v) is 4.30. The van der Waals surface area contributed by atoms with Crippen molar-refractivity contribution in [3.8, 4) is 0 Å².